The zero-order valence-electron chi connectivity index (χ0n) is 13.1. The Balaban J connectivity index is 0.00000169. The van der Waals surface area contributed by atoms with E-state index in [-0.39, 0.29) is 18.4 Å². The number of hydrogen-bond donors (Lipinski definition) is 2. The highest BCUT2D eigenvalue weighted by Gasteiger charge is 2.30. The van der Waals surface area contributed by atoms with Crippen LogP contribution in [0.15, 0.2) is 54.6 Å². The average molecular weight is 343 g/mol. The standard InChI is InChI=1S/C19H18N2O2.ClH/c22-19(23-12-13-6-2-1-3-7-13)18-17-15(10-11-20-18)14-8-4-5-9-16(14)21-17;/h1-9,18,20-21H,10-12H2;1H/t18-;/m0./s1. The highest BCUT2D eigenvalue weighted by Crippen LogP contribution is 2.30. The molecule has 1 aliphatic heterocycles. The van der Waals surface area contributed by atoms with Crippen molar-refractivity contribution in [1.82, 2.24) is 10.3 Å². The van der Waals surface area contributed by atoms with Crippen LogP contribution in [0.5, 0.6) is 0 Å². The summed E-state index contributed by atoms with van der Waals surface area (Å²) in [5, 5.41) is 4.47. The van der Waals surface area contributed by atoms with Gasteiger partial charge in [0.05, 0.1) is 0 Å². The fourth-order valence-electron chi connectivity index (χ4n) is 3.19. The summed E-state index contributed by atoms with van der Waals surface area (Å²) in [6, 6.07) is 17.5. The lowest BCUT2D eigenvalue weighted by Gasteiger charge is -2.22. The molecule has 1 aliphatic rings. The van der Waals surface area contributed by atoms with Crippen molar-refractivity contribution in [2.75, 3.05) is 6.54 Å². The number of H-pyrrole nitrogens is 1. The third-order valence-electron chi connectivity index (χ3n) is 4.32. The molecule has 0 saturated carbocycles. The van der Waals surface area contributed by atoms with Gasteiger partial charge < -0.3 is 9.72 Å². The molecule has 0 fully saturated rings. The van der Waals surface area contributed by atoms with Crippen LogP contribution in [-0.4, -0.2) is 17.5 Å². The number of nitrogens with one attached hydrogen (secondary N) is 2. The van der Waals surface area contributed by atoms with Gasteiger partial charge in [-0.3, -0.25) is 5.32 Å². The molecule has 124 valence electrons. The van der Waals surface area contributed by atoms with Gasteiger partial charge in [-0.2, -0.15) is 0 Å². The Kier molecular flexibility index (Phi) is 4.88. The summed E-state index contributed by atoms with van der Waals surface area (Å²) >= 11 is 0. The van der Waals surface area contributed by atoms with Gasteiger partial charge >= 0.3 is 5.97 Å². The van der Waals surface area contributed by atoms with Gasteiger partial charge in [0.15, 0.2) is 0 Å². The van der Waals surface area contributed by atoms with E-state index in [1.807, 2.05) is 48.5 Å². The summed E-state index contributed by atoms with van der Waals surface area (Å²) in [5.41, 5.74) is 4.23. The van der Waals surface area contributed by atoms with E-state index in [1.54, 1.807) is 0 Å². The SMILES string of the molecule is Cl.O=C(OCc1ccccc1)[C@H]1NCCc2c1[nH]c1ccccc21. The Labute approximate surface area is 146 Å². The maximum atomic E-state index is 12.5. The van der Waals surface area contributed by atoms with E-state index in [0.717, 1.165) is 29.7 Å². The van der Waals surface area contributed by atoms with Gasteiger partial charge in [0.2, 0.25) is 0 Å². The van der Waals surface area contributed by atoms with Crippen molar-refractivity contribution in [3.63, 3.8) is 0 Å². The normalized spacial score (nSPS) is 16.2. The van der Waals surface area contributed by atoms with Crippen LogP contribution in [0.25, 0.3) is 10.9 Å². The highest BCUT2D eigenvalue weighted by atomic mass is 35.5. The van der Waals surface area contributed by atoms with Crippen molar-refractivity contribution < 1.29 is 9.53 Å². The lowest BCUT2D eigenvalue weighted by molar-refractivity contribution is -0.148. The van der Waals surface area contributed by atoms with E-state index in [4.69, 9.17) is 4.74 Å². The number of hydrogen-bond acceptors (Lipinski definition) is 3. The minimum absolute atomic E-state index is 0. The smallest absolute Gasteiger partial charge is 0.329 e. The molecule has 0 saturated heterocycles. The molecular formula is C19H19ClN2O2. The first-order valence-electron chi connectivity index (χ1n) is 7.86. The molecular weight excluding hydrogens is 324 g/mol. The molecule has 0 bridgehead atoms. The Morgan fingerprint density at radius 1 is 1.08 bits per heavy atom. The second kappa shape index (κ2) is 7.07. The fourth-order valence-corrected chi connectivity index (χ4v) is 3.19. The van der Waals surface area contributed by atoms with Crippen LogP contribution in [0.3, 0.4) is 0 Å². The van der Waals surface area contributed by atoms with Crippen molar-refractivity contribution in [3.05, 3.63) is 71.4 Å². The minimum atomic E-state index is -0.421. The predicted molar refractivity (Wildman–Crippen MR) is 96.2 cm³/mol. The van der Waals surface area contributed by atoms with Crippen molar-refractivity contribution >= 4 is 29.3 Å². The minimum Gasteiger partial charge on any atom is -0.459 e. The number of benzene rings is 2. The molecule has 1 atom stereocenters. The molecule has 0 aliphatic carbocycles. The molecule has 0 unspecified atom stereocenters. The van der Waals surface area contributed by atoms with Gasteiger partial charge in [-0.25, -0.2) is 4.79 Å². The maximum absolute atomic E-state index is 12.5. The summed E-state index contributed by atoms with van der Waals surface area (Å²) in [4.78, 5) is 15.9. The van der Waals surface area contributed by atoms with Crippen molar-refractivity contribution in [1.29, 1.82) is 0 Å². The van der Waals surface area contributed by atoms with Crippen LogP contribution in [0, 0.1) is 0 Å². The van der Waals surface area contributed by atoms with Crippen LogP contribution in [0.1, 0.15) is 22.9 Å². The lowest BCUT2D eigenvalue weighted by Crippen LogP contribution is -2.36. The third-order valence-corrected chi connectivity index (χ3v) is 4.32. The Bertz CT molecular complexity index is 845. The van der Waals surface area contributed by atoms with Gasteiger partial charge in [-0.15, -0.1) is 12.4 Å². The summed E-state index contributed by atoms with van der Waals surface area (Å²) in [5.74, 6) is -0.235. The molecule has 2 N–H and O–H groups in total. The summed E-state index contributed by atoms with van der Waals surface area (Å²) in [6.07, 6.45) is 0.918. The number of carbonyl (C=O) groups is 1. The number of carbonyl (C=O) groups excluding carboxylic acids is 1. The van der Waals surface area contributed by atoms with Gasteiger partial charge in [0.1, 0.15) is 12.6 Å². The van der Waals surface area contributed by atoms with Gasteiger partial charge in [0, 0.05) is 23.1 Å². The number of ether oxygens (including phenoxy) is 1. The molecule has 2 heterocycles. The monoisotopic (exact) mass is 342 g/mol. The second-order valence-electron chi connectivity index (χ2n) is 5.79. The maximum Gasteiger partial charge on any atom is 0.329 e. The van der Waals surface area contributed by atoms with E-state index in [9.17, 15) is 4.79 Å². The van der Waals surface area contributed by atoms with E-state index < -0.39 is 6.04 Å². The molecule has 5 heteroatoms. The van der Waals surface area contributed by atoms with E-state index in [0.29, 0.717) is 6.61 Å². The molecule has 3 aromatic rings. The average Bonchev–Trinajstić information content (AvgIpc) is 2.99. The van der Waals surface area contributed by atoms with Gasteiger partial charge in [0.25, 0.3) is 0 Å². The number of esters is 1. The molecule has 0 amide bonds. The molecule has 4 rings (SSSR count). The van der Waals surface area contributed by atoms with E-state index in [2.05, 4.69) is 16.4 Å². The molecule has 0 radical (unpaired) electrons. The highest BCUT2D eigenvalue weighted by molar-refractivity contribution is 5.88. The molecule has 1 aromatic heterocycles. The van der Waals surface area contributed by atoms with Gasteiger partial charge in [-0.1, -0.05) is 48.5 Å². The lowest BCUT2D eigenvalue weighted by atomic mass is 9.99. The van der Waals surface area contributed by atoms with Crippen molar-refractivity contribution in [2.24, 2.45) is 0 Å². The number of rotatable bonds is 3. The largest absolute Gasteiger partial charge is 0.459 e. The summed E-state index contributed by atoms with van der Waals surface area (Å²) in [6.45, 7) is 1.08. The summed E-state index contributed by atoms with van der Waals surface area (Å²) in [7, 11) is 0. The van der Waals surface area contributed by atoms with Crippen LogP contribution < -0.4 is 5.32 Å². The first kappa shape index (κ1) is 16.6. The third kappa shape index (κ3) is 3.03. The number of para-hydroxylation sites is 1. The number of aromatic nitrogens is 1. The Hall–Kier alpha value is -2.30. The van der Waals surface area contributed by atoms with Crippen molar-refractivity contribution in [3.8, 4) is 0 Å². The van der Waals surface area contributed by atoms with E-state index >= 15 is 0 Å². The molecule has 0 spiro atoms. The second-order valence-corrected chi connectivity index (χ2v) is 5.79. The number of fused-ring (bicyclic) bond motifs is 3. The van der Waals surface area contributed by atoms with Crippen LogP contribution >= 0.6 is 12.4 Å². The molecule has 4 nitrogen and oxygen atoms in total. The van der Waals surface area contributed by atoms with Gasteiger partial charge in [-0.05, 0) is 23.6 Å². The quantitative estimate of drug-likeness (QED) is 0.716. The Morgan fingerprint density at radius 3 is 2.67 bits per heavy atom. The number of halogens is 1. The zero-order chi connectivity index (χ0) is 15.6. The van der Waals surface area contributed by atoms with E-state index in [1.165, 1.54) is 10.9 Å². The summed E-state index contributed by atoms with van der Waals surface area (Å²) < 4.78 is 5.50. The topological polar surface area (TPSA) is 54.1 Å². The first-order valence-corrected chi connectivity index (χ1v) is 7.86. The first-order chi connectivity index (χ1) is 11.3. The Morgan fingerprint density at radius 2 is 1.83 bits per heavy atom. The number of aromatic amines is 1. The van der Waals surface area contributed by atoms with Crippen LogP contribution in [0.4, 0.5) is 0 Å². The zero-order valence-corrected chi connectivity index (χ0v) is 13.9. The van der Waals surface area contributed by atoms with Crippen molar-refractivity contribution in [2.45, 2.75) is 19.1 Å². The molecule has 24 heavy (non-hydrogen) atoms. The predicted octanol–water partition coefficient (Wildman–Crippen LogP) is 3.52. The fraction of sp³-hybridized carbons (Fsp3) is 0.211. The molecule has 2 aromatic carbocycles. The van der Waals surface area contributed by atoms with Crippen LogP contribution in [-0.2, 0) is 22.6 Å². The van der Waals surface area contributed by atoms with Crippen LogP contribution in [0.2, 0.25) is 0 Å².